The summed E-state index contributed by atoms with van der Waals surface area (Å²) in [5.41, 5.74) is 5.55. The summed E-state index contributed by atoms with van der Waals surface area (Å²) in [6.07, 6.45) is 0.445. The van der Waals surface area contributed by atoms with Crippen molar-refractivity contribution in [2.75, 3.05) is 39.2 Å². The highest BCUT2D eigenvalue weighted by atomic mass is 35.5. The van der Waals surface area contributed by atoms with Crippen LogP contribution in [-0.4, -0.2) is 41.9 Å². The number of nitrogens with one attached hydrogen (secondary N) is 1. The smallest absolute Gasteiger partial charge is 0.243 e. The summed E-state index contributed by atoms with van der Waals surface area (Å²) < 4.78 is 49.9. The second-order valence-corrected chi connectivity index (χ2v) is 6.31. The summed E-state index contributed by atoms with van der Waals surface area (Å²) in [6.45, 7) is 1.38. The molecule has 0 bridgehead atoms. The molecule has 1 rings (SSSR count). The molecule has 3 N–H and O–H groups in total. The van der Waals surface area contributed by atoms with Crippen LogP contribution < -0.4 is 10.5 Å². The fourth-order valence-corrected chi connectivity index (χ4v) is 2.97. The minimum atomic E-state index is -4.00. The fraction of sp³-hybridized carbons (Fsp3) is 0.500. The number of ether oxygens (including phenoxy) is 2. The molecule has 0 amide bonds. The molecule has 0 spiro atoms. The second-order valence-electron chi connectivity index (χ2n) is 4.17. The molecular formula is C12H18ClFN2O4S. The first-order valence-electron chi connectivity index (χ1n) is 6.19. The third kappa shape index (κ3) is 5.76. The maximum Gasteiger partial charge on any atom is 0.243 e. The Kier molecular flexibility index (Phi) is 7.33. The summed E-state index contributed by atoms with van der Waals surface area (Å²) in [4.78, 5) is -0.562. The summed E-state index contributed by atoms with van der Waals surface area (Å²) in [6, 6.07) is 2.18. The Labute approximate surface area is 128 Å². The van der Waals surface area contributed by atoms with Crippen LogP contribution in [0.25, 0.3) is 0 Å². The Morgan fingerprint density at radius 3 is 2.71 bits per heavy atom. The van der Waals surface area contributed by atoms with Gasteiger partial charge in [0.25, 0.3) is 0 Å². The zero-order valence-electron chi connectivity index (χ0n) is 11.6. The van der Waals surface area contributed by atoms with Crippen LogP contribution in [-0.2, 0) is 19.5 Å². The topological polar surface area (TPSA) is 90.6 Å². The molecule has 1 aromatic carbocycles. The van der Waals surface area contributed by atoms with E-state index in [1.165, 1.54) is 0 Å². The van der Waals surface area contributed by atoms with Crippen molar-refractivity contribution in [3.05, 3.63) is 23.0 Å². The molecule has 0 fully saturated rings. The van der Waals surface area contributed by atoms with E-state index in [1.807, 2.05) is 0 Å². The number of methoxy groups -OCH3 is 1. The molecule has 0 radical (unpaired) electrons. The Morgan fingerprint density at radius 2 is 2.05 bits per heavy atom. The number of hydrogen-bond acceptors (Lipinski definition) is 5. The number of nitrogen functional groups attached to an aromatic ring is 1. The van der Waals surface area contributed by atoms with Crippen LogP contribution >= 0.6 is 11.6 Å². The number of rotatable bonds is 9. The van der Waals surface area contributed by atoms with Gasteiger partial charge in [-0.15, -0.1) is 0 Å². The van der Waals surface area contributed by atoms with E-state index < -0.39 is 20.7 Å². The number of nitrogens with two attached hydrogens (primary N) is 1. The van der Waals surface area contributed by atoms with Gasteiger partial charge in [0.2, 0.25) is 10.0 Å². The van der Waals surface area contributed by atoms with E-state index in [4.69, 9.17) is 26.8 Å². The fourth-order valence-electron chi connectivity index (χ4n) is 1.48. The van der Waals surface area contributed by atoms with Gasteiger partial charge in [-0.05, 0) is 18.6 Å². The molecule has 6 nitrogen and oxygen atoms in total. The number of sulfonamides is 1. The van der Waals surface area contributed by atoms with Gasteiger partial charge in [0.05, 0.1) is 18.2 Å². The molecule has 0 aromatic heterocycles. The van der Waals surface area contributed by atoms with Gasteiger partial charge in [0, 0.05) is 25.9 Å². The van der Waals surface area contributed by atoms with Crippen molar-refractivity contribution in [1.82, 2.24) is 4.72 Å². The molecule has 1 aromatic rings. The Morgan fingerprint density at radius 1 is 1.33 bits per heavy atom. The molecule has 0 aliphatic heterocycles. The van der Waals surface area contributed by atoms with Crippen molar-refractivity contribution in [1.29, 1.82) is 0 Å². The molecule has 0 aliphatic rings. The van der Waals surface area contributed by atoms with E-state index in [1.54, 1.807) is 7.11 Å². The third-order valence-electron chi connectivity index (χ3n) is 2.50. The summed E-state index contributed by atoms with van der Waals surface area (Å²) >= 11 is 5.58. The van der Waals surface area contributed by atoms with Gasteiger partial charge in [-0.25, -0.2) is 17.5 Å². The number of anilines is 1. The van der Waals surface area contributed by atoms with Crippen molar-refractivity contribution >= 4 is 27.3 Å². The van der Waals surface area contributed by atoms with Crippen molar-refractivity contribution in [3.63, 3.8) is 0 Å². The van der Waals surface area contributed by atoms with E-state index in [0.29, 0.717) is 26.2 Å². The average Bonchev–Trinajstić information content (AvgIpc) is 2.41. The number of hydrogen-bond donors (Lipinski definition) is 2. The zero-order valence-corrected chi connectivity index (χ0v) is 13.1. The van der Waals surface area contributed by atoms with Crippen LogP contribution in [0.5, 0.6) is 0 Å². The van der Waals surface area contributed by atoms with Crippen molar-refractivity contribution in [2.45, 2.75) is 11.3 Å². The highest BCUT2D eigenvalue weighted by Gasteiger charge is 2.21. The largest absolute Gasteiger partial charge is 0.399 e. The Hall–Kier alpha value is -0.930. The van der Waals surface area contributed by atoms with Crippen molar-refractivity contribution in [2.24, 2.45) is 0 Å². The van der Waals surface area contributed by atoms with E-state index in [0.717, 1.165) is 12.1 Å². The average molecular weight is 341 g/mol. The minimum Gasteiger partial charge on any atom is -0.399 e. The van der Waals surface area contributed by atoms with Gasteiger partial charge in [0.1, 0.15) is 4.90 Å². The van der Waals surface area contributed by atoms with Crippen LogP contribution in [0, 0.1) is 5.82 Å². The van der Waals surface area contributed by atoms with Gasteiger partial charge in [-0.1, -0.05) is 11.6 Å². The van der Waals surface area contributed by atoms with Crippen LogP contribution in [0.3, 0.4) is 0 Å². The van der Waals surface area contributed by atoms with Crippen LogP contribution in [0.1, 0.15) is 6.42 Å². The Balaban J connectivity index is 2.55. The molecule has 21 heavy (non-hydrogen) atoms. The quantitative estimate of drug-likeness (QED) is 0.523. The first kappa shape index (κ1) is 18.1. The lowest BCUT2D eigenvalue weighted by molar-refractivity contribution is 0.0699. The number of halogens is 2. The van der Waals surface area contributed by atoms with E-state index in [2.05, 4.69) is 4.72 Å². The summed E-state index contributed by atoms with van der Waals surface area (Å²) in [5, 5.41) is -0.335. The summed E-state index contributed by atoms with van der Waals surface area (Å²) in [5.74, 6) is -1.02. The predicted octanol–water partition coefficient (Wildman–Crippen LogP) is 1.39. The highest BCUT2D eigenvalue weighted by molar-refractivity contribution is 7.89. The van der Waals surface area contributed by atoms with Gasteiger partial charge < -0.3 is 15.2 Å². The number of benzene rings is 1. The van der Waals surface area contributed by atoms with Crippen LogP contribution in [0.4, 0.5) is 10.1 Å². The molecule has 0 heterocycles. The second kappa shape index (κ2) is 8.50. The highest BCUT2D eigenvalue weighted by Crippen LogP contribution is 2.25. The van der Waals surface area contributed by atoms with Crippen molar-refractivity contribution < 1.29 is 22.3 Å². The molecule has 0 atom stereocenters. The molecular weight excluding hydrogens is 323 g/mol. The van der Waals surface area contributed by atoms with Crippen LogP contribution in [0.2, 0.25) is 5.02 Å². The first-order valence-corrected chi connectivity index (χ1v) is 8.05. The van der Waals surface area contributed by atoms with Gasteiger partial charge >= 0.3 is 0 Å². The zero-order chi connectivity index (χ0) is 15.9. The minimum absolute atomic E-state index is 0.0738. The predicted molar refractivity (Wildman–Crippen MR) is 78.3 cm³/mol. The molecule has 0 aliphatic carbocycles. The van der Waals surface area contributed by atoms with E-state index in [9.17, 15) is 12.8 Å². The van der Waals surface area contributed by atoms with Gasteiger partial charge in [-0.2, -0.15) is 0 Å². The lowest BCUT2D eigenvalue weighted by Gasteiger charge is -2.09. The Bertz CT molecular complexity index is 569. The SMILES string of the molecule is COCCOCCCNS(=O)(=O)c1cc(N)cc(Cl)c1F. The molecule has 120 valence electrons. The van der Waals surface area contributed by atoms with Crippen molar-refractivity contribution in [3.8, 4) is 0 Å². The molecule has 9 heteroatoms. The monoisotopic (exact) mass is 340 g/mol. The van der Waals surface area contributed by atoms with E-state index in [-0.39, 0.29) is 17.3 Å². The summed E-state index contributed by atoms with van der Waals surface area (Å²) in [7, 11) is -2.44. The maximum absolute atomic E-state index is 13.7. The molecule has 0 unspecified atom stereocenters. The normalized spacial score (nSPS) is 11.8. The van der Waals surface area contributed by atoms with Crippen LogP contribution in [0.15, 0.2) is 17.0 Å². The lowest BCUT2D eigenvalue weighted by Crippen LogP contribution is -2.26. The van der Waals surface area contributed by atoms with Gasteiger partial charge in [-0.3, -0.25) is 0 Å². The lowest BCUT2D eigenvalue weighted by atomic mass is 10.3. The molecule has 0 saturated heterocycles. The molecule has 0 saturated carbocycles. The van der Waals surface area contributed by atoms with Gasteiger partial charge in [0.15, 0.2) is 5.82 Å². The maximum atomic E-state index is 13.7. The third-order valence-corrected chi connectivity index (χ3v) is 4.23. The first-order chi connectivity index (χ1) is 9.88. The standard InChI is InChI=1S/C12H18ClFN2O4S/c1-19-5-6-20-4-2-3-16-21(17,18)11-8-9(15)7-10(13)12(11)14/h7-8,16H,2-6,15H2,1H3. The van der Waals surface area contributed by atoms with E-state index >= 15 is 0 Å².